The minimum atomic E-state index is -0.576. The average molecular weight is 434 g/mol. The minimum Gasteiger partial charge on any atom is -0.459 e. The van der Waals surface area contributed by atoms with E-state index in [1.165, 1.54) is 12.1 Å². The first kappa shape index (κ1) is 22.0. The number of ketones is 1. The van der Waals surface area contributed by atoms with Crippen LogP contribution in [-0.4, -0.2) is 17.9 Å². The van der Waals surface area contributed by atoms with Gasteiger partial charge >= 0.3 is 5.97 Å². The fourth-order valence-corrected chi connectivity index (χ4v) is 4.59. The lowest BCUT2D eigenvalue weighted by atomic mass is 9.72. The van der Waals surface area contributed by atoms with Crippen LogP contribution in [0.1, 0.15) is 63.0 Å². The normalized spacial score (nSPS) is 21.7. The number of ether oxygens (including phenoxy) is 1. The second kappa shape index (κ2) is 9.11. The van der Waals surface area contributed by atoms with E-state index in [9.17, 15) is 14.0 Å². The summed E-state index contributed by atoms with van der Waals surface area (Å²) in [6.45, 7) is 5.63. The van der Waals surface area contributed by atoms with Gasteiger partial charge in [0.05, 0.1) is 11.7 Å². The summed E-state index contributed by atoms with van der Waals surface area (Å²) in [6, 6.07) is 16.0. The molecule has 0 saturated heterocycles. The van der Waals surface area contributed by atoms with Crippen LogP contribution in [0.5, 0.6) is 0 Å². The number of esters is 1. The quantitative estimate of drug-likeness (QED) is 0.630. The molecule has 0 fully saturated rings. The van der Waals surface area contributed by atoms with Crippen molar-refractivity contribution < 1.29 is 18.7 Å². The molecule has 166 valence electrons. The Hall–Kier alpha value is -3.21. The number of allylic oxidation sites excluding steroid dienone is 3. The van der Waals surface area contributed by atoms with Crippen LogP contribution in [0.3, 0.4) is 0 Å². The number of dihydropyridines is 1. The highest BCUT2D eigenvalue weighted by Crippen LogP contribution is 2.45. The molecule has 1 heterocycles. The highest BCUT2D eigenvalue weighted by Gasteiger charge is 2.41. The van der Waals surface area contributed by atoms with Crippen molar-refractivity contribution in [2.45, 2.75) is 58.0 Å². The van der Waals surface area contributed by atoms with Crippen molar-refractivity contribution in [3.8, 4) is 0 Å². The third-order valence-electron chi connectivity index (χ3n) is 6.40. The molecule has 1 aliphatic heterocycles. The fraction of sp³-hybridized carbons (Fsp3) is 0.333. The van der Waals surface area contributed by atoms with E-state index >= 15 is 0 Å². The minimum absolute atomic E-state index is 0.00303. The van der Waals surface area contributed by atoms with Gasteiger partial charge in [-0.1, -0.05) is 49.4 Å². The van der Waals surface area contributed by atoms with E-state index < -0.39 is 11.9 Å². The van der Waals surface area contributed by atoms with E-state index in [0.717, 1.165) is 11.3 Å². The number of nitrogens with one attached hydrogen (secondary N) is 1. The van der Waals surface area contributed by atoms with E-state index in [1.54, 1.807) is 12.1 Å². The molecule has 0 aromatic heterocycles. The number of benzene rings is 2. The Kier molecular flexibility index (Phi) is 6.26. The van der Waals surface area contributed by atoms with Crippen molar-refractivity contribution >= 4 is 11.8 Å². The van der Waals surface area contributed by atoms with Crippen molar-refractivity contribution in [2.75, 3.05) is 0 Å². The lowest BCUT2D eigenvalue weighted by Crippen LogP contribution is -2.36. The Bertz CT molecular complexity index is 1090. The molecular weight excluding hydrogens is 405 g/mol. The zero-order valence-electron chi connectivity index (χ0n) is 18.7. The summed E-state index contributed by atoms with van der Waals surface area (Å²) in [6.07, 6.45) is 1.50. The topological polar surface area (TPSA) is 55.4 Å². The molecule has 0 bridgehead atoms. The van der Waals surface area contributed by atoms with Crippen LogP contribution < -0.4 is 5.32 Å². The zero-order valence-corrected chi connectivity index (χ0v) is 18.7. The van der Waals surface area contributed by atoms with Gasteiger partial charge in [0, 0.05) is 29.3 Å². The van der Waals surface area contributed by atoms with Gasteiger partial charge in [0.1, 0.15) is 5.82 Å². The highest BCUT2D eigenvalue weighted by molar-refractivity contribution is 6.04. The maximum absolute atomic E-state index is 13.7. The fourth-order valence-electron chi connectivity index (χ4n) is 4.59. The van der Waals surface area contributed by atoms with Crippen molar-refractivity contribution in [1.29, 1.82) is 0 Å². The van der Waals surface area contributed by atoms with Gasteiger partial charge in [-0.2, -0.15) is 0 Å². The van der Waals surface area contributed by atoms with Gasteiger partial charge in [0.2, 0.25) is 0 Å². The van der Waals surface area contributed by atoms with Crippen LogP contribution >= 0.6 is 0 Å². The van der Waals surface area contributed by atoms with Crippen molar-refractivity contribution in [2.24, 2.45) is 0 Å². The molecule has 2 aromatic rings. The smallest absolute Gasteiger partial charge is 0.337 e. The van der Waals surface area contributed by atoms with Gasteiger partial charge in [0.15, 0.2) is 5.78 Å². The predicted molar refractivity (Wildman–Crippen MR) is 121 cm³/mol. The number of carbonyl (C=O) groups is 2. The Morgan fingerprint density at radius 1 is 1.09 bits per heavy atom. The van der Waals surface area contributed by atoms with E-state index in [2.05, 4.69) is 5.32 Å². The molecule has 1 N–H and O–H groups in total. The van der Waals surface area contributed by atoms with Crippen LogP contribution in [0.25, 0.3) is 0 Å². The molecule has 4 nitrogen and oxygen atoms in total. The lowest BCUT2D eigenvalue weighted by molar-refractivity contribution is -0.144. The first-order valence-electron chi connectivity index (χ1n) is 11.1. The van der Waals surface area contributed by atoms with Crippen LogP contribution in [0, 0.1) is 5.82 Å². The van der Waals surface area contributed by atoms with Gasteiger partial charge < -0.3 is 10.1 Å². The summed E-state index contributed by atoms with van der Waals surface area (Å²) in [5, 5.41) is 3.35. The second-order valence-corrected chi connectivity index (χ2v) is 8.60. The van der Waals surface area contributed by atoms with Gasteiger partial charge in [0.25, 0.3) is 0 Å². The third kappa shape index (κ3) is 4.24. The number of hydrogen-bond donors (Lipinski definition) is 1. The summed E-state index contributed by atoms with van der Waals surface area (Å²) in [5.41, 5.74) is 4.35. The Balaban J connectivity index is 1.78. The van der Waals surface area contributed by atoms with Crippen LogP contribution in [0.15, 0.2) is 77.1 Å². The number of Topliss-reactive ketones (excluding diaryl/α,β-unsaturated/α-hetero) is 1. The van der Waals surface area contributed by atoms with Gasteiger partial charge in [-0.05, 0) is 55.9 Å². The molecule has 0 amide bonds. The summed E-state index contributed by atoms with van der Waals surface area (Å²) >= 11 is 0. The van der Waals surface area contributed by atoms with Gasteiger partial charge in [-0.15, -0.1) is 0 Å². The van der Waals surface area contributed by atoms with E-state index in [0.29, 0.717) is 41.7 Å². The Morgan fingerprint density at radius 2 is 1.78 bits per heavy atom. The second-order valence-electron chi connectivity index (χ2n) is 8.60. The SMILES string of the molecule is CC[C@@H](C)OC(=O)C1=C(C)NC2=C(C(=O)C[C@@H](c3ccccc3)C2)[C@@H]1c1ccc(F)cc1. The molecule has 0 saturated carbocycles. The lowest BCUT2D eigenvalue weighted by Gasteiger charge is -2.37. The Labute approximate surface area is 188 Å². The summed E-state index contributed by atoms with van der Waals surface area (Å²) in [7, 11) is 0. The van der Waals surface area contributed by atoms with E-state index in [1.807, 2.05) is 51.1 Å². The van der Waals surface area contributed by atoms with Crippen molar-refractivity contribution in [3.05, 3.63) is 94.1 Å². The zero-order chi connectivity index (χ0) is 22.8. The number of halogens is 1. The largest absolute Gasteiger partial charge is 0.459 e. The summed E-state index contributed by atoms with van der Waals surface area (Å²) in [5.74, 6) is -1.30. The maximum atomic E-state index is 13.7. The van der Waals surface area contributed by atoms with Crippen molar-refractivity contribution in [1.82, 2.24) is 5.32 Å². The molecule has 3 atom stereocenters. The maximum Gasteiger partial charge on any atom is 0.337 e. The molecular formula is C27H28FNO3. The summed E-state index contributed by atoms with van der Waals surface area (Å²) < 4.78 is 19.3. The van der Waals surface area contributed by atoms with Crippen molar-refractivity contribution in [3.63, 3.8) is 0 Å². The first-order valence-corrected chi connectivity index (χ1v) is 11.1. The van der Waals surface area contributed by atoms with Crippen LogP contribution in [-0.2, 0) is 14.3 Å². The molecule has 1 aliphatic carbocycles. The van der Waals surface area contributed by atoms with Crippen LogP contribution in [0.4, 0.5) is 4.39 Å². The standard InChI is InChI=1S/C27H28FNO3/c1-4-16(2)32-27(31)24-17(3)29-22-14-20(18-8-6-5-7-9-18)15-23(30)26(22)25(24)19-10-12-21(28)13-11-19/h5-13,16,20,25,29H,4,14-15H2,1-3H3/t16-,20+,25-/m1/s1. The number of carbonyl (C=O) groups excluding carboxylic acids is 2. The van der Waals surface area contributed by atoms with Gasteiger partial charge in [-0.3, -0.25) is 4.79 Å². The average Bonchev–Trinajstić information content (AvgIpc) is 2.79. The number of rotatable bonds is 5. The molecule has 4 rings (SSSR count). The summed E-state index contributed by atoms with van der Waals surface area (Å²) in [4.78, 5) is 26.6. The van der Waals surface area contributed by atoms with Crippen LogP contribution in [0.2, 0.25) is 0 Å². The molecule has 32 heavy (non-hydrogen) atoms. The Morgan fingerprint density at radius 3 is 2.44 bits per heavy atom. The highest BCUT2D eigenvalue weighted by atomic mass is 19.1. The predicted octanol–water partition coefficient (Wildman–Crippen LogP) is 5.53. The van der Waals surface area contributed by atoms with Gasteiger partial charge in [-0.25, -0.2) is 9.18 Å². The monoisotopic (exact) mass is 433 g/mol. The molecule has 0 radical (unpaired) electrons. The molecule has 0 spiro atoms. The molecule has 2 aromatic carbocycles. The molecule has 0 unspecified atom stereocenters. The first-order chi connectivity index (χ1) is 15.4. The molecule has 2 aliphatic rings. The third-order valence-corrected chi connectivity index (χ3v) is 6.40. The number of hydrogen-bond acceptors (Lipinski definition) is 4. The van der Waals surface area contributed by atoms with E-state index in [-0.39, 0.29) is 23.6 Å². The van der Waals surface area contributed by atoms with E-state index in [4.69, 9.17) is 4.74 Å². The molecule has 5 heteroatoms.